The van der Waals surface area contributed by atoms with Crippen molar-refractivity contribution in [2.24, 2.45) is 5.41 Å². The number of methoxy groups -OCH3 is 1. The molecule has 3 aliphatic carbocycles. The van der Waals surface area contributed by atoms with Gasteiger partial charge in [-0.3, -0.25) is 0 Å². The molecule has 3 saturated carbocycles. The average molecular weight is 210 g/mol. The second-order valence-electron chi connectivity index (χ2n) is 4.94. The van der Waals surface area contributed by atoms with Gasteiger partial charge >= 0.3 is 5.97 Å². The van der Waals surface area contributed by atoms with E-state index >= 15 is 0 Å². The van der Waals surface area contributed by atoms with Gasteiger partial charge < -0.3 is 9.84 Å². The van der Waals surface area contributed by atoms with Crippen LogP contribution >= 0.6 is 0 Å². The number of fused-ring (bicyclic) bond motifs is 3. The lowest BCUT2D eigenvalue weighted by atomic mass is 9.58. The Morgan fingerprint density at radius 2 is 1.73 bits per heavy atom. The Morgan fingerprint density at radius 1 is 1.20 bits per heavy atom. The summed E-state index contributed by atoms with van der Waals surface area (Å²) in [6.45, 7) is 0. The highest BCUT2D eigenvalue weighted by Gasteiger charge is 2.46. The molecule has 0 aliphatic heterocycles. The largest absolute Gasteiger partial charge is 0.466 e. The molecule has 2 bridgehead atoms. The first-order chi connectivity index (χ1) is 7.08. The molecule has 3 rings (SSSR count). The van der Waals surface area contributed by atoms with E-state index in [0.717, 1.165) is 38.5 Å². The SMILES string of the molecule is COC(=O)C=CC12CCC(O)(CC1)CC2. The van der Waals surface area contributed by atoms with Crippen LogP contribution in [0.1, 0.15) is 38.5 Å². The fourth-order valence-corrected chi connectivity index (χ4v) is 2.76. The molecule has 0 unspecified atom stereocenters. The predicted molar refractivity (Wildman–Crippen MR) is 56.2 cm³/mol. The van der Waals surface area contributed by atoms with E-state index in [2.05, 4.69) is 4.74 Å². The molecule has 3 heteroatoms. The summed E-state index contributed by atoms with van der Waals surface area (Å²) in [6, 6.07) is 0. The Bertz CT molecular complexity index is 269. The van der Waals surface area contributed by atoms with Gasteiger partial charge in [0.05, 0.1) is 12.7 Å². The van der Waals surface area contributed by atoms with Crippen LogP contribution in [0.4, 0.5) is 0 Å². The van der Waals surface area contributed by atoms with E-state index in [4.69, 9.17) is 0 Å². The van der Waals surface area contributed by atoms with Gasteiger partial charge in [0.15, 0.2) is 0 Å². The maximum absolute atomic E-state index is 11.0. The smallest absolute Gasteiger partial charge is 0.330 e. The molecule has 1 N–H and O–H groups in total. The van der Waals surface area contributed by atoms with E-state index < -0.39 is 5.60 Å². The Hall–Kier alpha value is -0.830. The molecule has 0 aromatic rings. The third-order valence-electron chi connectivity index (χ3n) is 4.04. The summed E-state index contributed by atoms with van der Waals surface area (Å²) in [7, 11) is 1.39. The van der Waals surface area contributed by atoms with Crippen LogP contribution in [0.3, 0.4) is 0 Å². The molecule has 0 saturated heterocycles. The summed E-state index contributed by atoms with van der Waals surface area (Å²) in [5.41, 5.74) is -0.250. The summed E-state index contributed by atoms with van der Waals surface area (Å²) >= 11 is 0. The number of ether oxygens (including phenoxy) is 1. The number of carbonyl (C=O) groups is 1. The fraction of sp³-hybridized carbons (Fsp3) is 0.750. The molecule has 0 atom stereocenters. The van der Waals surface area contributed by atoms with Crippen LogP contribution in [0, 0.1) is 5.41 Å². The zero-order valence-corrected chi connectivity index (χ0v) is 9.16. The second kappa shape index (κ2) is 3.63. The monoisotopic (exact) mass is 210 g/mol. The van der Waals surface area contributed by atoms with Crippen LogP contribution < -0.4 is 0 Å². The Morgan fingerprint density at radius 3 is 2.20 bits per heavy atom. The van der Waals surface area contributed by atoms with Crippen molar-refractivity contribution >= 4 is 5.97 Å². The van der Waals surface area contributed by atoms with Crippen molar-refractivity contribution in [2.75, 3.05) is 7.11 Å². The van der Waals surface area contributed by atoms with E-state index in [-0.39, 0.29) is 11.4 Å². The molecular formula is C12H18O3. The second-order valence-corrected chi connectivity index (χ2v) is 4.94. The highest BCUT2D eigenvalue weighted by molar-refractivity contribution is 5.81. The predicted octanol–water partition coefficient (Wildman–Crippen LogP) is 1.80. The van der Waals surface area contributed by atoms with Crippen molar-refractivity contribution < 1.29 is 14.6 Å². The van der Waals surface area contributed by atoms with Crippen molar-refractivity contribution in [2.45, 2.75) is 44.1 Å². The Labute approximate surface area is 90.1 Å². The molecule has 0 spiro atoms. The maximum Gasteiger partial charge on any atom is 0.330 e. The fourth-order valence-electron chi connectivity index (χ4n) is 2.76. The van der Waals surface area contributed by atoms with Gasteiger partial charge in [-0.05, 0) is 43.9 Å². The van der Waals surface area contributed by atoms with Crippen molar-refractivity contribution in [3.8, 4) is 0 Å². The Kier molecular flexibility index (Phi) is 2.59. The molecule has 15 heavy (non-hydrogen) atoms. The molecule has 0 aromatic heterocycles. The first kappa shape index (κ1) is 10.7. The summed E-state index contributed by atoms with van der Waals surface area (Å²) in [6.07, 6.45) is 9.15. The topological polar surface area (TPSA) is 46.5 Å². The number of carbonyl (C=O) groups excluding carboxylic acids is 1. The summed E-state index contributed by atoms with van der Waals surface area (Å²) in [5, 5.41) is 10.0. The van der Waals surface area contributed by atoms with E-state index in [1.807, 2.05) is 6.08 Å². The van der Waals surface area contributed by atoms with Crippen LogP contribution in [0.15, 0.2) is 12.2 Å². The average Bonchev–Trinajstić information content (AvgIpc) is 2.28. The third kappa shape index (κ3) is 2.07. The zero-order valence-electron chi connectivity index (χ0n) is 9.16. The standard InChI is InChI=1S/C12H18O3/c1-15-10(13)2-3-11-4-7-12(14,8-5-11)9-6-11/h2-3,14H,4-9H2,1H3. The number of aliphatic hydroxyl groups is 1. The van der Waals surface area contributed by atoms with E-state index in [9.17, 15) is 9.90 Å². The molecule has 84 valence electrons. The number of hydrogen-bond acceptors (Lipinski definition) is 3. The molecular weight excluding hydrogens is 192 g/mol. The van der Waals surface area contributed by atoms with Gasteiger partial charge in [0.1, 0.15) is 0 Å². The third-order valence-corrected chi connectivity index (χ3v) is 4.04. The maximum atomic E-state index is 11.0. The molecule has 0 radical (unpaired) electrons. The van der Waals surface area contributed by atoms with Gasteiger partial charge in [0.2, 0.25) is 0 Å². The number of hydrogen-bond donors (Lipinski definition) is 1. The van der Waals surface area contributed by atoms with Crippen LogP contribution in [-0.2, 0) is 9.53 Å². The molecule has 0 aromatic carbocycles. The molecule has 3 fully saturated rings. The quantitative estimate of drug-likeness (QED) is 0.558. The van der Waals surface area contributed by atoms with Crippen molar-refractivity contribution in [3.05, 3.63) is 12.2 Å². The lowest BCUT2D eigenvalue weighted by molar-refractivity contribution is -0.135. The van der Waals surface area contributed by atoms with Gasteiger partial charge in [-0.25, -0.2) is 4.79 Å². The summed E-state index contributed by atoms with van der Waals surface area (Å²) < 4.78 is 4.59. The highest BCUT2D eigenvalue weighted by Crippen LogP contribution is 2.52. The molecule has 0 amide bonds. The van der Waals surface area contributed by atoms with Crippen LogP contribution in [0.2, 0.25) is 0 Å². The van der Waals surface area contributed by atoms with Crippen LogP contribution in [-0.4, -0.2) is 23.8 Å². The minimum absolute atomic E-state index is 0.151. The highest BCUT2D eigenvalue weighted by atomic mass is 16.5. The van der Waals surface area contributed by atoms with Crippen LogP contribution in [0.25, 0.3) is 0 Å². The lowest BCUT2D eigenvalue weighted by Gasteiger charge is -2.49. The van der Waals surface area contributed by atoms with E-state index in [0.29, 0.717) is 0 Å². The van der Waals surface area contributed by atoms with Gasteiger partial charge in [-0.1, -0.05) is 6.08 Å². The van der Waals surface area contributed by atoms with Crippen molar-refractivity contribution in [1.29, 1.82) is 0 Å². The van der Waals surface area contributed by atoms with Crippen molar-refractivity contribution in [1.82, 2.24) is 0 Å². The Balaban J connectivity index is 2.03. The zero-order chi connectivity index (χ0) is 10.9. The van der Waals surface area contributed by atoms with Gasteiger partial charge in [0, 0.05) is 6.08 Å². The van der Waals surface area contributed by atoms with E-state index in [1.54, 1.807) is 0 Å². The minimum atomic E-state index is -0.402. The first-order valence-corrected chi connectivity index (χ1v) is 5.57. The first-order valence-electron chi connectivity index (χ1n) is 5.57. The van der Waals surface area contributed by atoms with Gasteiger partial charge in [0.25, 0.3) is 0 Å². The molecule has 3 nitrogen and oxygen atoms in total. The van der Waals surface area contributed by atoms with Gasteiger partial charge in [-0.2, -0.15) is 0 Å². The van der Waals surface area contributed by atoms with Gasteiger partial charge in [-0.15, -0.1) is 0 Å². The number of esters is 1. The van der Waals surface area contributed by atoms with E-state index in [1.165, 1.54) is 13.2 Å². The van der Waals surface area contributed by atoms with Crippen LogP contribution in [0.5, 0.6) is 0 Å². The molecule has 0 heterocycles. The summed E-state index contributed by atoms with van der Waals surface area (Å²) in [4.78, 5) is 11.0. The summed E-state index contributed by atoms with van der Waals surface area (Å²) in [5.74, 6) is -0.282. The van der Waals surface area contributed by atoms with Crippen molar-refractivity contribution in [3.63, 3.8) is 0 Å². The number of allylic oxidation sites excluding steroid dienone is 1. The number of rotatable bonds is 2. The minimum Gasteiger partial charge on any atom is -0.466 e. The molecule has 3 aliphatic rings. The lowest BCUT2D eigenvalue weighted by Crippen LogP contribution is -2.45. The normalized spacial score (nSPS) is 39.6.